The molecule has 30 heavy (non-hydrogen) atoms. The average Bonchev–Trinajstić information content (AvgIpc) is 3.18. The summed E-state index contributed by atoms with van der Waals surface area (Å²) in [5.74, 6) is 0.513. The van der Waals surface area contributed by atoms with Crippen molar-refractivity contribution in [2.45, 2.75) is 43.7 Å². The Morgan fingerprint density at radius 3 is 2.97 bits per heavy atom. The van der Waals surface area contributed by atoms with Crippen LogP contribution in [-0.2, 0) is 5.54 Å². The fraction of sp³-hybridized carbons (Fsp3) is 0.429. The number of halogens is 1. The number of ether oxygens (including phenoxy) is 1. The maximum absolute atomic E-state index is 14.3. The molecule has 2 aliphatic heterocycles. The molecule has 1 atom stereocenters. The predicted molar refractivity (Wildman–Crippen MR) is 106 cm³/mol. The Hall–Kier alpha value is -3.23. The van der Waals surface area contributed by atoms with Gasteiger partial charge in [-0.2, -0.15) is 5.10 Å². The molecule has 1 amide bonds. The van der Waals surface area contributed by atoms with Crippen molar-refractivity contribution < 1.29 is 13.9 Å². The van der Waals surface area contributed by atoms with Crippen LogP contribution in [0.15, 0.2) is 30.7 Å². The van der Waals surface area contributed by atoms with Crippen molar-refractivity contribution in [2.24, 2.45) is 0 Å². The zero-order valence-electron chi connectivity index (χ0n) is 16.6. The van der Waals surface area contributed by atoms with E-state index in [1.807, 2.05) is 6.07 Å². The lowest BCUT2D eigenvalue weighted by Gasteiger charge is -2.37. The fourth-order valence-corrected chi connectivity index (χ4v) is 4.68. The lowest BCUT2D eigenvalue weighted by Crippen LogP contribution is -2.42. The number of pyridine rings is 1. The van der Waals surface area contributed by atoms with Gasteiger partial charge in [0.2, 0.25) is 5.88 Å². The van der Waals surface area contributed by atoms with E-state index in [-0.39, 0.29) is 12.5 Å². The smallest absolute Gasteiger partial charge is 0.257 e. The maximum atomic E-state index is 14.3. The first kappa shape index (κ1) is 17.6. The van der Waals surface area contributed by atoms with E-state index in [4.69, 9.17) is 9.72 Å². The molecule has 0 unspecified atom stereocenters. The zero-order chi connectivity index (χ0) is 20.5. The number of rotatable bonds is 0. The third kappa shape index (κ3) is 2.50. The van der Waals surface area contributed by atoms with Gasteiger partial charge < -0.3 is 15.0 Å². The maximum Gasteiger partial charge on any atom is 0.257 e. The Kier molecular flexibility index (Phi) is 3.46. The van der Waals surface area contributed by atoms with Crippen molar-refractivity contribution in [2.75, 3.05) is 18.1 Å². The third-order valence-electron chi connectivity index (χ3n) is 6.63. The molecule has 1 saturated heterocycles. The molecule has 2 fully saturated rings. The number of nitrogens with one attached hydrogen (secondary N) is 1. The minimum absolute atomic E-state index is 0.216. The van der Waals surface area contributed by atoms with Gasteiger partial charge in [-0.15, -0.1) is 0 Å². The molecule has 1 saturated carbocycles. The first-order valence-corrected chi connectivity index (χ1v) is 10.2. The molecule has 1 aliphatic carbocycles. The largest absolute Gasteiger partial charge is 0.475 e. The summed E-state index contributed by atoms with van der Waals surface area (Å²) in [6, 6.07) is 3.39. The topological polar surface area (TPSA) is 84.7 Å². The summed E-state index contributed by atoms with van der Waals surface area (Å²) in [7, 11) is 0. The van der Waals surface area contributed by atoms with Gasteiger partial charge in [0.15, 0.2) is 5.65 Å². The highest BCUT2D eigenvalue weighted by atomic mass is 19.1. The summed E-state index contributed by atoms with van der Waals surface area (Å²) in [6.45, 7) is 3.12. The van der Waals surface area contributed by atoms with Crippen LogP contribution >= 0.6 is 0 Å². The van der Waals surface area contributed by atoms with Crippen molar-refractivity contribution in [3.8, 4) is 5.88 Å². The summed E-state index contributed by atoms with van der Waals surface area (Å²) in [6.07, 6.45) is 7.91. The molecule has 5 heterocycles. The monoisotopic (exact) mass is 408 g/mol. The lowest BCUT2D eigenvalue weighted by molar-refractivity contribution is 0.0912. The van der Waals surface area contributed by atoms with Crippen molar-refractivity contribution in [3.05, 3.63) is 47.7 Å². The van der Waals surface area contributed by atoms with Crippen LogP contribution in [0, 0.1) is 5.82 Å². The quantitative estimate of drug-likeness (QED) is 0.615. The van der Waals surface area contributed by atoms with Gasteiger partial charge in [-0.1, -0.05) is 0 Å². The number of anilines is 1. The minimum Gasteiger partial charge on any atom is -0.475 e. The lowest BCUT2D eigenvalue weighted by atomic mass is 9.89. The molecule has 154 valence electrons. The number of hydrogen-bond acceptors (Lipinski definition) is 6. The van der Waals surface area contributed by atoms with Gasteiger partial charge in [0, 0.05) is 18.3 Å². The van der Waals surface area contributed by atoms with E-state index >= 15 is 0 Å². The van der Waals surface area contributed by atoms with Crippen LogP contribution < -0.4 is 15.0 Å². The van der Waals surface area contributed by atoms with Gasteiger partial charge in [0.25, 0.3) is 5.91 Å². The van der Waals surface area contributed by atoms with Crippen LogP contribution in [0.2, 0.25) is 0 Å². The van der Waals surface area contributed by atoms with Crippen LogP contribution in [-0.4, -0.2) is 44.2 Å². The minimum atomic E-state index is -0.530. The second kappa shape index (κ2) is 5.90. The molecule has 0 radical (unpaired) electrons. The molecule has 3 aliphatic rings. The number of carbonyl (C=O) groups excluding carboxylic acids is 1. The molecular formula is C21H21FN6O2. The van der Waals surface area contributed by atoms with E-state index in [1.165, 1.54) is 12.3 Å². The van der Waals surface area contributed by atoms with E-state index in [9.17, 15) is 9.18 Å². The van der Waals surface area contributed by atoms with Crippen molar-refractivity contribution >= 4 is 17.4 Å². The molecule has 6 rings (SSSR count). The van der Waals surface area contributed by atoms with Gasteiger partial charge in [0.1, 0.15) is 23.8 Å². The Morgan fingerprint density at radius 2 is 2.13 bits per heavy atom. The van der Waals surface area contributed by atoms with Gasteiger partial charge in [-0.25, -0.2) is 18.9 Å². The Morgan fingerprint density at radius 1 is 1.27 bits per heavy atom. The fourth-order valence-electron chi connectivity index (χ4n) is 4.68. The Balaban J connectivity index is 1.58. The van der Waals surface area contributed by atoms with E-state index < -0.39 is 16.9 Å². The predicted octanol–water partition coefficient (Wildman–Crippen LogP) is 2.43. The molecule has 1 N–H and O–H groups in total. The highest BCUT2D eigenvalue weighted by molar-refractivity contribution is 6.00. The van der Waals surface area contributed by atoms with E-state index in [2.05, 4.69) is 27.2 Å². The number of amides is 1. The zero-order valence-corrected chi connectivity index (χ0v) is 16.6. The summed E-state index contributed by atoms with van der Waals surface area (Å²) in [5, 5.41) is 7.38. The highest BCUT2D eigenvalue weighted by Crippen LogP contribution is 2.45. The first-order chi connectivity index (χ1) is 14.5. The number of hydrogen-bond donors (Lipinski definition) is 1. The number of aromatic nitrogens is 4. The summed E-state index contributed by atoms with van der Waals surface area (Å²) >= 11 is 0. The van der Waals surface area contributed by atoms with E-state index in [1.54, 1.807) is 16.9 Å². The molecule has 2 bridgehead atoms. The average molecular weight is 408 g/mol. The van der Waals surface area contributed by atoms with Crippen LogP contribution in [0.5, 0.6) is 5.88 Å². The SMILES string of the molecule is C[C@]12CCCN1c1ccn3ncc(c3n1)C(=O)NC1(CC1)COc1ncc(F)cc12. The van der Waals surface area contributed by atoms with Crippen LogP contribution in [0.25, 0.3) is 5.65 Å². The van der Waals surface area contributed by atoms with E-state index in [0.29, 0.717) is 28.5 Å². The number of fused-ring (bicyclic) bond motifs is 5. The molecule has 8 nitrogen and oxygen atoms in total. The van der Waals surface area contributed by atoms with Crippen molar-refractivity contribution in [1.29, 1.82) is 0 Å². The van der Waals surface area contributed by atoms with Crippen LogP contribution in [0.4, 0.5) is 10.2 Å². The third-order valence-corrected chi connectivity index (χ3v) is 6.63. The van der Waals surface area contributed by atoms with Gasteiger partial charge >= 0.3 is 0 Å². The molecular weight excluding hydrogens is 387 g/mol. The molecule has 3 aromatic heterocycles. The van der Waals surface area contributed by atoms with E-state index in [0.717, 1.165) is 32.2 Å². The number of nitrogens with zero attached hydrogens (tertiary/aromatic N) is 5. The van der Waals surface area contributed by atoms with Crippen LogP contribution in [0.3, 0.4) is 0 Å². The Labute approximate surface area is 172 Å². The summed E-state index contributed by atoms with van der Waals surface area (Å²) < 4.78 is 22.0. The second-order valence-corrected chi connectivity index (χ2v) is 8.67. The summed E-state index contributed by atoms with van der Waals surface area (Å²) in [4.78, 5) is 24.2. The Bertz CT molecular complexity index is 1190. The standard InChI is InChI=1S/C21H21FN6O2/c1-20-4-2-7-27(20)16-3-8-28-17(25-16)14(11-24-28)18(29)26-21(5-6-21)12-30-19-15(20)9-13(22)10-23-19/h3,8-11H,2,4-7,12H2,1H3,(H,26,29)/t20-/m1/s1. The van der Waals surface area contributed by atoms with Crippen LogP contribution in [0.1, 0.15) is 48.5 Å². The van der Waals surface area contributed by atoms with Gasteiger partial charge in [-0.05, 0) is 44.7 Å². The molecule has 9 heteroatoms. The number of carbonyl (C=O) groups is 1. The second-order valence-electron chi connectivity index (χ2n) is 8.67. The molecule has 3 aromatic rings. The van der Waals surface area contributed by atoms with Crippen molar-refractivity contribution in [1.82, 2.24) is 24.9 Å². The molecule has 0 aromatic carbocycles. The summed E-state index contributed by atoms with van der Waals surface area (Å²) in [5.41, 5.74) is 0.674. The van der Waals surface area contributed by atoms with Gasteiger partial charge in [-0.3, -0.25) is 4.79 Å². The van der Waals surface area contributed by atoms with Gasteiger partial charge in [0.05, 0.1) is 23.5 Å². The highest BCUT2D eigenvalue weighted by Gasteiger charge is 2.47. The van der Waals surface area contributed by atoms with Crippen molar-refractivity contribution in [3.63, 3.8) is 0 Å². The first-order valence-electron chi connectivity index (χ1n) is 10.2. The normalized spacial score (nSPS) is 24.5. The molecule has 1 spiro atoms.